The maximum absolute atomic E-state index is 12.9. The fourth-order valence-corrected chi connectivity index (χ4v) is 3.90. The molecule has 2 bridgehead atoms. The van der Waals surface area contributed by atoms with Crippen LogP contribution in [0, 0.1) is 5.92 Å². The minimum absolute atomic E-state index is 0.00282. The Kier molecular flexibility index (Phi) is 3.89. The summed E-state index contributed by atoms with van der Waals surface area (Å²) in [5.41, 5.74) is -0.0698. The summed E-state index contributed by atoms with van der Waals surface area (Å²) in [4.78, 5) is 35.6. The maximum atomic E-state index is 12.9. The van der Waals surface area contributed by atoms with E-state index in [2.05, 4.69) is 28.9 Å². The van der Waals surface area contributed by atoms with Gasteiger partial charge in [0.2, 0.25) is 5.82 Å². The number of fused-ring (bicyclic) bond motifs is 3. The molecule has 0 aromatic carbocycles. The van der Waals surface area contributed by atoms with Crippen LogP contribution in [-0.2, 0) is 19.5 Å². The zero-order valence-electron chi connectivity index (χ0n) is 14.5. The first-order valence-corrected chi connectivity index (χ1v) is 8.80. The molecule has 25 heavy (non-hydrogen) atoms. The third-order valence-corrected chi connectivity index (χ3v) is 4.96. The fourth-order valence-electron chi connectivity index (χ4n) is 3.90. The van der Waals surface area contributed by atoms with Crippen LogP contribution < -0.4 is 5.69 Å². The molecule has 2 aromatic heterocycles. The van der Waals surface area contributed by atoms with Crippen LogP contribution >= 0.6 is 0 Å². The minimum atomic E-state index is -0.152. The summed E-state index contributed by atoms with van der Waals surface area (Å²) in [5, 5.41) is 4.53. The van der Waals surface area contributed by atoms with Crippen molar-refractivity contribution in [3.63, 3.8) is 0 Å². The first kappa shape index (κ1) is 16.0. The summed E-state index contributed by atoms with van der Waals surface area (Å²) < 4.78 is 3.32. The van der Waals surface area contributed by atoms with Gasteiger partial charge in [-0.25, -0.2) is 19.4 Å². The second-order valence-corrected chi connectivity index (χ2v) is 7.26. The molecule has 4 heterocycles. The van der Waals surface area contributed by atoms with Crippen LogP contribution in [0.3, 0.4) is 0 Å². The van der Waals surface area contributed by atoms with E-state index in [-0.39, 0.29) is 29.5 Å². The summed E-state index contributed by atoms with van der Waals surface area (Å²) in [7, 11) is 0. The Bertz CT molecular complexity index is 841. The SMILES string of the molecule is CC(C)Cn1nc2n(c1=O)CC1CCC(C2)N1C(=O)c1ncccn1. The molecule has 0 N–H and O–H groups in total. The van der Waals surface area contributed by atoms with Crippen molar-refractivity contribution in [1.29, 1.82) is 0 Å². The number of aromatic nitrogens is 5. The molecule has 2 aromatic rings. The Balaban J connectivity index is 1.64. The van der Waals surface area contributed by atoms with Gasteiger partial charge in [-0.2, -0.15) is 5.10 Å². The highest BCUT2D eigenvalue weighted by Crippen LogP contribution is 2.31. The van der Waals surface area contributed by atoms with Gasteiger partial charge in [0.15, 0.2) is 0 Å². The van der Waals surface area contributed by atoms with Crippen LogP contribution in [0.2, 0.25) is 0 Å². The number of amides is 1. The third-order valence-electron chi connectivity index (χ3n) is 4.96. The summed E-state index contributed by atoms with van der Waals surface area (Å²) in [6.45, 7) is 5.26. The molecule has 4 rings (SSSR count). The van der Waals surface area contributed by atoms with Crippen molar-refractivity contribution in [2.45, 2.75) is 58.3 Å². The van der Waals surface area contributed by atoms with Crippen molar-refractivity contribution in [3.8, 4) is 0 Å². The van der Waals surface area contributed by atoms with Gasteiger partial charge in [-0.05, 0) is 24.8 Å². The number of hydrogen-bond acceptors (Lipinski definition) is 5. The van der Waals surface area contributed by atoms with E-state index < -0.39 is 0 Å². The van der Waals surface area contributed by atoms with Gasteiger partial charge in [-0.15, -0.1) is 0 Å². The molecule has 2 unspecified atom stereocenters. The van der Waals surface area contributed by atoms with Crippen LogP contribution in [0.15, 0.2) is 23.3 Å². The molecular weight excluding hydrogens is 320 g/mol. The van der Waals surface area contributed by atoms with Crippen molar-refractivity contribution in [1.82, 2.24) is 29.2 Å². The molecule has 2 aliphatic rings. The quantitative estimate of drug-likeness (QED) is 0.820. The zero-order chi connectivity index (χ0) is 17.6. The van der Waals surface area contributed by atoms with Crippen molar-refractivity contribution >= 4 is 5.91 Å². The van der Waals surface area contributed by atoms with Gasteiger partial charge in [0.25, 0.3) is 5.91 Å². The van der Waals surface area contributed by atoms with Gasteiger partial charge in [0.1, 0.15) is 5.82 Å². The van der Waals surface area contributed by atoms with E-state index in [1.165, 1.54) is 0 Å². The summed E-state index contributed by atoms with van der Waals surface area (Å²) in [6.07, 6.45) is 5.58. The molecule has 0 radical (unpaired) electrons. The van der Waals surface area contributed by atoms with Gasteiger partial charge in [-0.3, -0.25) is 9.36 Å². The van der Waals surface area contributed by atoms with Gasteiger partial charge >= 0.3 is 5.69 Å². The molecular formula is C17H22N6O2. The third kappa shape index (κ3) is 2.75. The molecule has 8 nitrogen and oxygen atoms in total. The lowest BCUT2D eigenvalue weighted by atomic mass is 10.1. The van der Waals surface area contributed by atoms with Crippen molar-refractivity contribution in [3.05, 3.63) is 40.6 Å². The number of carbonyl (C=O) groups excluding carboxylic acids is 1. The van der Waals surface area contributed by atoms with Crippen LogP contribution in [0.5, 0.6) is 0 Å². The second-order valence-electron chi connectivity index (χ2n) is 7.26. The summed E-state index contributed by atoms with van der Waals surface area (Å²) >= 11 is 0. The molecule has 2 atom stereocenters. The van der Waals surface area contributed by atoms with Crippen LogP contribution in [-0.4, -0.2) is 47.2 Å². The topological polar surface area (TPSA) is 85.9 Å². The van der Waals surface area contributed by atoms with E-state index in [1.54, 1.807) is 27.7 Å². The van der Waals surface area contributed by atoms with Gasteiger partial charge in [-0.1, -0.05) is 13.8 Å². The van der Waals surface area contributed by atoms with Crippen molar-refractivity contribution in [2.24, 2.45) is 5.92 Å². The Labute approximate surface area is 145 Å². The molecule has 0 aliphatic carbocycles. The van der Waals surface area contributed by atoms with E-state index in [9.17, 15) is 9.59 Å². The highest BCUT2D eigenvalue weighted by molar-refractivity contribution is 5.91. The monoisotopic (exact) mass is 342 g/mol. The molecule has 0 saturated carbocycles. The Hall–Kier alpha value is -2.51. The Morgan fingerprint density at radius 2 is 1.96 bits per heavy atom. The number of nitrogens with zero attached hydrogens (tertiary/aromatic N) is 6. The summed E-state index contributed by atoms with van der Waals surface area (Å²) in [5.74, 6) is 1.21. The first-order chi connectivity index (χ1) is 12.0. The molecule has 0 spiro atoms. The number of rotatable bonds is 3. The predicted octanol–water partition coefficient (Wildman–Crippen LogP) is 0.720. The summed E-state index contributed by atoms with van der Waals surface area (Å²) in [6, 6.07) is 1.74. The van der Waals surface area contributed by atoms with E-state index >= 15 is 0 Å². The van der Waals surface area contributed by atoms with Crippen molar-refractivity contribution in [2.75, 3.05) is 0 Å². The Morgan fingerprint density at radius 3 is 2.68 bits per heavy atom. The molecule has 1 saturated heterocycles. The van der Waals surface area contributed by atoms with Crippen LogP contribution in [0.25, 0.3) is 0 Å². The average molecular weight is 342 g/mol. The normalized spacial score (nSPS) is 22.1. The second kappa shape index (κ2) is 6.09. The number of carbonyl (C=O) groups is 1. The lowest BCUT2D eigenvalue weighted by Crippen LogP contribution is -2.43. The molecule has 1 fully saturated rings. The van der Waals surface area contributed by atoms with E-state index in [1.807, 2.05) is 4.90 Å². The molecule has 8 heteroatoms. The standard InChI is InChI=1S/C17H22N6O2/c1-11(2)9-22-17(25)21-10-13-5-4-12(8-14(21)20-22)23(13)16(24)15-18-6-3-7-19-15/h3,6-7,11-13H,4-5,8-10H2,1-2H3. The average Bonchev–Trinajstić information content (AvgIpc) is 3.04. The molecule has 132 valence electrons. The lowest BCUT2D eigenvalue weighted by Gasteiger charge is -2.27. The fraction of sp³-hybridized carbons (Fsp3) is 0.588. The highest BCUT2D eigenvalue weighted by atomic mass is 16.2. The van der Waals surface area contributed by atoms with Gasteiger partial charge in [0.05, 0.1) is 6.04 Å². The lowest BCUT2D eigenvalue weighted by molar-refractivity contribution is 0.0652. The van der Waals surface area contributed by atoms with Crippen molar-refractivity contribution < 1.29 is 4.79 Å². The largest absolute Gasteiger partial charge is 0.345 e. The zero-order valence-corrected chi connectivity index (χ0v) is 14.5. The van der Waals surface area contributed by atoms with Crippen LogP contribution in [0.4, 0.5) is 0 Å². The van der Waals surface area contributed by atoms with E-state index in [0.29, 0.717) is 25.4 Å². The first-order valence-electron chi connectivity index (χ1n) is 8.80. The van der Waals surface area contributed by atoms with E-state index in [0.717, 1.165) is 18.7 Å². The van der Waals surface area contributed by atoms with E-state index in [4.69, 9.17) is 0 Å². The smallest absolute Gasteiger partial charge is 0.328 e. The Morgan fingerprint density at radius 1 is 1.24 bits per heavy atom. The minimum Gasteiger partial charge on any atom is -0.328 e. The molecule has 1 amide bonds. The highest BCUT2D eigenvalue weighted by Gasteiger charge is 2.42. The van der Waals surface area contributed by atoms with Gasteiger partial charge < -0.3 is 4.90 Å². The predicted molar refractivity (Wildman–Crippen MR) is 90.0 cm³/mol. The molecule has 2 aliphatic heterocycles. The van der Waals surface area contributed by atoms with Crippen LogP contribution in [0.1, 0.15) is 43.1 Å². The number of hydrogen-bond donors (Lipinski definition) is 0. The van der Waals surface area contributed by atoms with Gasteiger partial charge in [0, 0.05) is 37.9 Å². The maximum Gasteiger partial charge on any atom is 0.345 e.